The number of halogens is 1. The minimum Gasteiger partial charge on any atom is -0.463 e. The van der Waals surface area contributed by atoms with Crippen molar-refractivity contribution in [3.8, 4) is 5.75 Å². The van der Waals surface area contributed by atoms with E-state index in [0.717, 1.165) is 21.8 Å². The zero-order chi connectivity index (χ0) is 11.0. The highest BCUT2D eigenvalue weighted by Gasteiger charge is 2.04. The molecule has 2 aromatic carbocycles. The third-order valence-corrected chi connectivity index (χ3v) is 2.70. The van der Waals surface area contributed by atoms with Gasteiger partial charge in [-0.3, -0.25) is 0 Å². The standard InChI is InChI=1S/C13H10FNO/c14-8-16-9-5-6-13-11(7-9)10-3-1-2-4-12(10)15-13/h1-7,15H,8H2. The van der Waals surface area contributed by atoms with Gasteiger partial charge in [0.2, 0.25) is 6.86 Å². The minimum absolute atomic E-state index is 0.555. The second kappa shape index (κ2) is 3.52. The number of hydrogen-bond donors (Lipinski definition) is 1. The highest BCUT2D eigenvalue weighted by molar-refractivity contribution is 6.07. The van der Waals surface area contributed by atoms with Crippen molar-refractivity contribution >= 4 is 21.8 Å². The van der Waals surface area contributed by atoms with Crippen LogP contribution in [0.15, 0.2) is 42.5 Å². The average Bonchev–Trinajstić information content (AvgIpc) is 2.68. The van der Waals surface area contributed by atoms with Gasteiger partial charge >= 0.3 is 0 Å². The Balaban J connectivity index is 2.31. The lowest BCUT2D eigenvalue weighted by Crippen LogP contribution is -1.88. The lowest BCUT2D eigenvalue weighted by Gasteiger charge is -2.00. The molecule has 1 N–H and O–H groups in total. The fourth-order valence-corrected chi connectivity index (χ4v) is 1.98. The van der Waals surface area contributed by atoms with E-state index in [1.54, 1.807) is 6.07 Å². The molecule has 0 bridgehead atoms. The smallest absolute Gasteiger partial charge is 0.228 e. The molecule has 0 saturated carbocycles. The Hall–Kier alpha value is -2.03. The average molecular weight is 215 g/mol. The highest BCUT2D eigenvalue weighted by atomic mass is 19.1. The first-order valence-corrected chi connectivity index (χ1v) is 5.08. The number of aromatic amines is 1. The maximum Gasteiger partial charge on any atom is 0.228 e. The lowest BCUT2D eigenvalue weighted by molar-refractivity contribution is 0.192. The number of rotatable bonds is 2. The van der Waals surface area contributed by atoms with Gasteiger partial charge in [-0.15, -0.1) is 0 Å². The van der Waals surface area contributed by atoms with Gasteiger partial charge in [0.1, 0.15) is 5.75 Å². The summed E-state index contributed by atoms with van der Waals surface area (Å²) in [5, 5.41) is 2.18. The van der Waals surface area contributed by atoms with Crippen LogP contribution in [0.1, 0.15) is 0 Å². The second-order valence-corrected chi connectivity index (χ2v) is 3.63. The monoisotopic (exact) mass is 215 g/mol. The summed E-state index contributed by atoms with van der Waals surface area (Å²) < 4.78 is 16.9. The molecular formula is C13H10FNO. The first-order chi connectivity index (χ1) is 7.88. The van der Waals surface area contributed by atoms with E-state index in [9.17, 15) is 4.39 Å². The molecule has 0 unspecified atom stereocenters. The Morgan fingerprint density at radius 1 is 1.00 bits per heavy atom. The number of nitrogens with one attached hydrogen (secondary N) is 1. The van der Waals surface area contributed by atoms with Crippen LogP contribution in [0.4, 0.5) is 4.39 Å². The molecule has 0 amide bonds. The first kappa shape index (κ1) is 9.21. The molecule has 0 aliphatic rings. The van der Waals surface area contributed by atoms with Crippen LogP contribution in [0.5, 0.6) is 5.75 Å². The van der Waals surface area contributed by atoms with Crippen molar-refractivity contribution in [2.75, 3.05) is 6.86 Å². The molecule has 16 heavy (non-hydrogen) atoms. The maximum atomic E-state index is 12.1. The summed E-state index contributed by atoms with van der Waals surface area (Å²) in [6, 6.07) is 13.5. The van der Waals surface area contributed by atoms with E-state index in [0.29, 0.717) is 5.75 Å². The minimum atomic E-state index is -0.798. The molecular weight excluding hydrogens is 205 g/mol. The molecule has 0 aliphatic carbocycles. The van der Waals surface area contributed by atoms with Crippen molar-refractivity contribution in [3.05, 3.63) is 42.5 Å². The van der Waals surface area contributed by atoms with Crippen LogP contribution >= 0.6 is 0 Å². The molecule has 3 aromatic rings. The molecule has 0 saturated heterocycles. The predicted octanol–water partition coefficient (Wildman–Crippen LogP) is 3.63. The fourth-order valence-electron chi connectivity index (χ4n) is 1.98. The first-order valence-electron chi connectivity index (χ1n) is 5.08. The van der Waals surface area contributed by atoms with Crippen molar-refractivity contribution in [3.63, 3.8) is 0 Å². The molecule has 3 rings (SSSR count). The Labute approximate surface area is 91.6 Å². The normalized spacial score (nSPS) is 11.1. The van der Waals surface area contributed by atoms with E-state index in [2.05, 4.69) is 4.98 Å². The number of H-pyrrole nitrogens is 1. The Kier molecular flexibility index (Phi) is 2.03. The van der Waals surface area contributed by atoms with E-state index in [-0.39, 0.29) is 0 Å². The molecule has 0 atom stereocenters. The van der Waals surface area contributed by atoms with Crippen LogP contribution in [0.2, 0.25) is 0 Å². The summed E-state index contributed by atoms with van der Waals surface area (Å²) >= 11 is 0. The van der Waals surface area contributed by atoms with Crippen LogP contribution in [-0.4, -0.2) is 11.8 Å². The van der Waals surface area contributed by atoms with Gasteiger partial charge in [0.05, 0.1) is 0 Å². The van der Waals surface area contributed by atoms with Crippen LogP contribution < -0.4 is 4.74 Å². The largest absolute Gasteiger partial charge is 0.463 e. The quantitative estimate of drug-likeness (QED) is 0.693. The van der Waals surface area contributed by atoms with Crippen LogP contribution in [0.25, 0.3) is 21.8 Å². The molecule has 3 heteroatoms. The Bertz CT molecular complexity index is 645. The van der Waals surface area contributed by atoms with Crippen molar-refractivity contribution in [1.82, 2.24) is 4.98 Å². The molecule has 0 fully saturated rings. The van der Waals surface area contributed by atoms with Gasteiger partial charge in [-0.05, 0) is 24.3 Å². The van der Waals surface area contributed by atoms with Crippen LogP contribution in [0, 0.1) is 0 Å². The molecule has 0 radical (unpaired) electrons. The summed E-state index contributed by atoms with van der Waals surface area (Å²) in [6.07, 6.45) is 0. The van der Waals surface area contributed by atoms with E-state index in [4.69, 9.17) is 4.74 Å². The van der Waals surface area contributed by atoms with Gasteiger partial charge in [0.15, 0.2) is 0 Å². The zero-order valence-corrected chi connectivity index (χ0v) is 8.53. The molecule has 0 aliphatic heterocycles. The van der Waals surface area contributed by atoms with Gasteiger partial charge in [-0.25, -0.2) is 4.39 Å². The molecule has 2 nitrogen and oxygen atoms in total. The molecule has 0 spiro atoms. The SMILES string of the molecule is FCOc1ccc2[nH]c3ccccc3c2c1. The third-order valence-electron chi connectivity index (χ3n) is 2.70. The van der Waals surface area contributed by atoms with Gasteiger partial charge in [-0.1, -0.05) is 18.2 Å². The fraction of sp³-hybridized carbons (Fsp3) is 0.0769. The summed E-state index contributed by atoms with van der Waals surface area (Å²) in [5.41, 5.74) is 2.11. The van der Waals surface area contributed by atoms with E-state index in [1.807, 2.05) is 36.4 Å². The van der Waals surface area contributed by atoms with Crippen LogP contribution in [-0.2, 0) is 0 Å². The van der Waals surface area contributed by atoms with Gasteiger partial charge in [0, 0.05) is 21.8 Å². The number of para-hydroxylation sites is 1. The zero-order valence-electron chi connectivity index (χ0n) is 8.53. The topological polar surface area (TPSA) is 25.0 Å². The van der Waals surface area contributed by atoms with Crippen molar-refractivity contribution < 1.29 is 9.13 Å². The number of aromatic nitrogens is 1. The van der Waals surface area contributed by atoms with Gasteiger partial charge in [-0.2, -0.15) is 0 Å². The summed E-state index contributed by atoms with van der Waals surface area (Å²) in [6.45, 7) is -0.798. The van der Waals surface area contributed by atoms with Gasteiger partial charge < -0.3 is 9.72 Å². The van der Waals surface area contributed by atoms with Crippen LogP contribution in [0.3, 0.4) is 0 Å². The second-order valence-electron chi connectivity index (χ2n) is 3.63. The molecule has 1 heterocycles. The molecule has 80 valence electrons. The van der Waals surface area contributed by atoms with Gasteiger partial charge in [0.25, 0.3) is 0 Å². The highest BCUT2D eigenvalue weighted by Crippen LogP contribution is 2.28. The number of hydrogen-bond acceptors (Lipinski definition) is 1. The maximum absolute atomic E-state index is 12.1. The van der Waals surface area contributed by atoms with Crippen molar-refractivity contribution in [2.24, 2.45) is 0 Å². The predicted molar refractivity (Wildman–Crippen MR) is 62.4 cm³/mol. The van der Waals surface area contributed by atoms with Crippen molar-refractivity contribution in [1.29, 1.82) is 0 Å². The Morgan fingerprint density at radius 3 is 2.69 bits per heavy atom. The van der Waals surface area contributed by atoms with E-state index >= 15 is 0 Å². The number of benzene rings is 2. The number of alkyl halides is 1. The summed E-state index contributed by atoms with van der Waals surface area (Å²) in [7, 11) is 0. The number of ether oxygens (including phenoxy) is 1. The lowest BCUT2D eigenvalue weighted by atomic mass is 10.1. The summed E-state index contributed by atoms with van der Waals surface area (Å²) in [5.74, 6) is 0.555. The van der Waals surface area contributed by atoms with E-state index in [1.165, 1.54) is 0 Å². The third kappa shape index (κ3) is 1.33. The van der Waals surface area contributed by atoms with Crippen molar-refractivity contribution in [2.45, 2.75) is 0 Å². The Morgan fingerprint density at radius 2 is 1.81 bits per heavy atom. The molecule has 1 aromatic heterocycles. The number of fused-ring (bicyclic) bond motifs is 3. The van der Waals surface area contributed by atoms with E-state index < -0.39 is 6.86 Å². The summed E-state index contributed by atoms with van der Waals surface area (Å²) in [4.78, 5) is 3.30.